The third kappa shape index (κ3) is 17.4. The number of aliphatic hydroxyl groups excluding tert-OH is 19. The highest BCUT2D eigenvalue weighted by atomic mass is 32.2. The molecule has 24 aliphatic heterocycles. The summed E-state index contributed by atoms with van der Waals surface area (Å²) < 4.78 is 84.4. The summed E-state index contributed by atoms with van der Waals surface area (Å²) in [5.41, 5.74) is 8.96. The SMILES string of the molecule is CC(N)=Nc1cc2cc(c1)NCc1nc(cs1)CSCC1O[C@@H]3O[C@@H]4C(CO)O[C@H](O[C@@H]5C(CO)O[C@H](O[C@@H]6C(CO)O[C@H](O[C@@H]7C(CSCc8csc(n8)CN2)O[C@H](O[C@@H]2C(CO)O[C@H](O[C@@H]8C(CO)O[C@H](O[C@H]1C(O)C3O)C(O)C8O)C(O)C2O)C(O)C7O)C(O)C6O)C(O)C5O)C(O)C4O. The van der Waals surface area contributed by atoms with Crippen LogP contribution in [0.15, 0.2) is 34.0 Å². The average molecular weight is 1550 g/mol. The molecular formula is C60H88N6O33S4. The molecule has 2 aromatic heterocycles. The molecule has 3 aromatic rings. The Kier molecular flexibility index (Phi) is 26.9. The van der Waals surface area contributed by atoms with E-state index in [0.29, 0.717) is 38.5 Å². The molecule has 26 heterocycles. The maximum Gasteiger partial charge on any atom is 0.187 e. The predicted octanol–water partition coefficient (Wildman–Crippen LogP) is -8.89. The summed E-state index contributed by atoms with van der Waals surface area (Å²) in [4.78, 5) is 14.1. The Morgan fingerprint density at radius 3 is 0.922 bits per heavy atom. The van der Waals surface area contributed by atoms with Crippen LogP contribution in [0.2, 0.25) is 0 Å². The molecule has 39 nitrogen and oxygen atoms in total. The van der Waals surface area contributed by atoms with Crippen molar-refractivity contribution < 1.29 is 163 Å². The molecule has 23 N–H and O–H groups in total. The molecule has 0 radical (unpaired) electrons. The van der Waals surface area contributed by atoms with Gasteiger partial charge in [-0.15, -0.1) is 22.7 Å². The lowest BCUT2D eigenvalue weighted by atomic mass is 9.95. The maximum atomic E-state index is 12.1. The quantitative estimate of drug-likeness (QED) is 0.0805. The number of aliphatic imine (C=N–C) groups is 1. The third-order valence-corrected chi connectivity index (χ3v) is 22.7. The maximum absolute atomic E-state index is 12.1. The van der Waals surface area contributed by atoms with Gasteiger partial charge in [0.25, 0.3) is 0 Å². The van der Waals surface area contributed by atoms with E-state index >= 15 is 0 Å². The van der Waals surface area contributed by atoms with E-state index in [9.17, 15) is 97.0 Å². The van der Waals surface area contributed by atoms with Gasteiger partial charge in [-0.2, -0.15) is 23.5 Å². The second kappa shape index (κ2) is 34.9. The Labute approximate surface area is 602 Å². The zero-order chi connectivity index (χ0) is 73.4. The van der Waals surface area contributed by atoms with Gasteiger partial charge in [-0.25, -0.2) is 15.0 Å². The molecule has 1 aromatic carbocycles. The Balaban J connectivity index is 0.909. The van der Waals surface area contributed by atoms with Gasteiger partial charge in [-0.1, -0.05) is 0 Å². The highest BCUT2D eigenvalue weighted by Crippen LogP contribution is 2.41. The summed E-state index contributed by atoms with van der Waals surface area (Å²) in [5, 5.41) is 231. The van der Waals surface area contributed by atoms with Gasteiger partial charge in [0, 0.05) is 45.1 Å². The number of aliphatic hydroxyl groups is 19. The predicted molar refractivity (Wildman–Crippen MR) is 349 cm³/mol. The Morgan fingerprint density at radius 2 is 0.650 bits per heavy atom. The molecule has 21 fully saturated rings. The molecule has 22 bridgehead atoms. The molecule has 103 heavy (non-hydrogen) atoms. The second-order valence-corrected chi connectivity index (χ2v) is 30.0. The zero-order valence-corrected chi connectivity index (χ0v) is 57.9. The van der Waals surface area contributed by atoms with Gasteiger partial charge >= 0.3 is 0 Å². The molecule has 21 saturated heterocycles. The molecule has 35 atom stereocenters. The van der Waals surface area contributed by atoms with Gasteiger partial charge < -0.3 is 180 Å². The van der Waals surface area contributed by atoms with Crippen LogP contribution in [0.25, 0.3) is 0 Å². The summed E-state index contributed by atoms with van der Waals surface area (Å²) in [7, 11) is 0. The van der Waals surface area contributed by atoms with E-state index in [-0.39, 0.29) is 41.9 Å². The van der Waals surface area contributed by atoms with Crippen molar-refractivity contribution in [1.82, 2.24) is 9.97 Å². The fourth-order valence-corrected chi connectivity index (χ4v) is 17.0. The van der Waals surface area contributed by atoms with E-state index in [1.807, 2.05) is 6.07 Å². The van der Waals surface area contributed by atoms with Crippen LogP contribution in [-0.4, -0.2) is 372 Å². The van der Waals surface area contributed by atoms with Crippen LogP contribution in [0.3, 0.4) is 0 Å². The van der Waals surface area contributed by atoms with Crippen LogP contribution in [0.4, 0.5) is 17.1 Å². The fourth-order valence-electron chi connectivity index (χ4n) is 13.4. The van der Waals surface area contributed by atoms with E-state index in [0.717, 1.165) is 0 Å². The number of nitrogens with one attached hydrogen (secondary N) is 2. The Morgan fingerprint density at radius 1 is 0.388 bits per heavy atom. The number of anilines is 2. The molecular weight excluding hydrogens is 1460 g/mol. The van der Waals surface area contributed by atoms with Gasteiger partial charge in [-0.3, -0.25) is 0 Å². The van der Waals surface area contributed by atoms with Gasteiger partial charge in [0.2, 0.25) is 0 Å². The highest BCUT2D eigenvalue weighted by molar-refractivity contribution is 7.98. The smallest absolute Gasteiger partial charge is 0.187 e. The number of aromatic nitrogens is 2. The number of nitrogens with two attached hydrogens (primary N) is 1. The average Bonchev–Trinajstić information content (AvgIpc) is 0.930. The summed E-state index contributed by atoms with van der Waals surface area (Å²) in [6.07, 6.45) is -69.0. The molecule has 43 heteroatoms. The zero-order valence-electron chi connectivity index (χ0n) is 54.6. The molecule has 0 spiro atoms. The normalized spacial score (nSPS) is 45.7. The Hall–Kier alpha value is -3.07. The number of thiazole rings is 2. The number of rotatable bonds is 6. The van der Waals surface area contributed by atoms with E-state index in [1.165, 1.54) is 46.2 Å². The van der Waals surface area contributed by atoms with Crippen molar-refractivity contribution in [3.63, 3.8) is 0 Å². The topological polar surface area (TPSA) is 602 Å². The van der Waals surface area contributed by atoms with Gasteiger partial charge in [0.15, 0.2) is 44.0 Å². The summed E-state index contributed by atoms with van der Waals surface area (Å²) >= 11 is 4.99. The minimum absolute atomic E-state index is 0.166. The lowest BCUT2D eigenvalue weighted by Crippen LogP contribution is -2.68. The first-order valence-electron chi connectivity index (χ1n) is 33.1. The minimum atomic E-state index is -2.21. The summed E-state index contributed by atoms with van der Waals surface area (Å²) in [5.74, 6) is 0.268. The first kappa shape index (κ1) is 79.5. The number of amidine groups is 1. The molecule has 0 amide bonds. The van der Waals surface area contributed by atoms with Crippen molar-refractivity contribution in [3.8, 4) is 0 Å². The fraction of sp³-hybridized carbons (Fsp3) is 0.783. The summed E-state index contributed by atoms with van der Waals surface area (Å²) in [6.45, 7) is -3.05. The molecule has 24 aliphatic rings. The number of benzene rings is 1. The Bertz CT molecular complexity index is 3200. The van der Waals surface area contributed by atoms with Crippen LogP contribution < -0.4 is 16.4 Å². The van der Waals surface area contributed by atoms with E-state index < -0.39 is 248 Å². The number of thioether (sulfide) groups is 2. The second-order valence-electron chi connectivity index (χ2n) is 26.0. The van der Waals surface area contributed by atoms with Gasteiger partial charge in [0.05, 0.1) is 81.2 Å². The molecule has 580 valence electrons. The number of ether oxygens (including phenoxy) is 14. The van der Waals surface area contributed by atoms with Crippen LogP contribution in [-0.2, 0) is 90.9 Å². The van der Waals surface area contributed by atoms with Gasteiger partial charge in [0.1, 0.15) is 169 Å². The number of hydrogen-bond donors (Lipinski definition) is 22. The van der Waals surface area contributed by atoms with Gasteiger partial charge in [-0.05, 0) is 25.1 Å². The lowest BCUT2D eigenvalue weighted by Gasteiger charge is -2.50. The van der Waals surface area contributed by atoms with Crippen LogP contribution in [0.5, 0.6) is 0 Å². The first-order valence-corrected chi connectivity index (χ1v) is 37.2. The van der Waals surface area contributed by atoms with E-state index in [1.54, 1.807) is 29.8 Å². The van der Waals surface area contributed by atoms with Crippen molar-refractivity contribution in [2.24, 2.45) is 10.7 Å². The van der Waals surface area contributed by atoms with Crippen molar-refractivity contribution in [2.45, 2.75) is 246 Å². The van der Waals surface area contributed by atoms with Crippen molar-refractivity contribution >= 4 is 69.1 Å². The van der Waals surface area contributed by atoms with Crippen molar-refractivity contribution in [1.29, 1.82) is 0 Å². The van der Waals surface area contributed by atoms with Crippen LogP contribution >= 0.6 is 46.2 Å². The summed E-state index contributed by atoms with van der Waals surface area (Å²) in [6, 6.07) is 5.42. The van der Waals surface area contributed by atoms with Crippen LogP contribution in [0.1, 0.15) is 28.3 Å². The van der Waals surface area contributed by atoms with Crippen LogP contribution in [0, 0.1) is 0 Å². The molecule has 27 rings (SSSR count). The highest BCUT2D eigenvalue weighted by Gasteiger charge is 2.60. The number of nitrogens with zero attached hydrogens (tertiary/aromatic N) is 3. The first-order chi connectivity index (χ1) is 49.4. The standard InChI is InChI=1S/C60H88N6O33S4/c1-18(61)64-21-3-19-2-20(4-21)63-6-32-66-23(15-103-32)13-101-17-30-53-38(77)45(84)59(91-30)96-50-27(10-70)87-55(41(80)34(50)73)93-47-24(7-67)86-54(40(79)33(47)72)94-48-25(8-68)89-57(43(82)36(48)75)98-52-29(16-100-12-22-14-102-31(65-22)5-62-19)92-60(46(85)39(52)78)97-51-28(11-71)88-56(42(81)35(51)74)95-49-26(9-69)90-58(99-53)44(83)37(49)76/h2-4,14-15,24-30,33-60,62-63,67-85H,5-13,16-17H2,1H3,(H2,61,64)/t24?,25?,26?,27?,28?,29?,30?,33?,34?,35?,36?,37?,38?,39?,40?,41?,42?,43?,44?,45?,46?,47-,48-,49-,50-,51-,52-,53-,54-,55-,56-,57-,58-,59-,60-/m1/s1. The lowest BCUT2D eigenvalue weighted by molar-refractivity contribution is -0.395. The minimum Gasteiger partial charge on any atom is -0.394 e. The molecule has 0 aliphatic carbocycles. The third-order valence-electron chi connectivity index (χ3n) is 18.8. The monoisotopic (exact) mass is 1550 g/mol. The largest absolute Gasteiger partial charge is 0.394 e. The van der Waals surface area contributed by atoms with Crippen molar-refractivity contribution in [2.75, 3.05) is 55.2 Å². The van der Waals surface area contributed by atoms with Crippen molar-refractivity contribution in [3.05, 3.63) is 50.4 Å². The van der Waals surface area contributed by atoms with E-state index in [4.69, 9.17) is 82.0 Å². The molecule has 0 saturated carbocycles. The number of hydrogen-bond acceptors (Lipinski definition) is 42. The molecule has 21 unspecified atom stereocenters. The van der Waals surface area contributed by atoms with E-state index in [2.05, 4.69) is 15.6 Å².